The maximum Gasteiger partial charge on any atom is 0.0589 e. The van der Waals surface area contributed by atoms with Crippen molar-refractivity contribution in [1.29, 1.82) is 0 Å². The summed E-state index contributed by atoms with van der Waals surface area (Å²) in [5, 5.41) is 3.73. The molecule has 3 nitrogen and oxygen atoms in total. The first-order chi connectivity index (χ1) is 9.07. The molecule has 2 rings (SSSR count). The molecule has 2 aliphatic rings. The molecule has 2 unspecified atom stereocenters. The van der Waals surface area contributed by atoms with Crippen LogP contribution in [0, 0.1) is 5.41 Å². The molecule has 0 aromatic heterocycles. The Labute approximate surface area is 119 Å². The van der Waals surface area contributed by atoms with Crippen LogP contribution in [0.25, 0.3) is 0 Å². The summed E-state index contributed by atoms with van der Waals surface area (Å²) >= 11 is 0. The molecule has 112 valence electrons. The van der Waals surface area contributed by atoms with Gasteiger partial charge in [-0.05, 0) is 44.1 Å². The standard InChI is InChI=1S/C16H32N2O/c1-5-17-14-8-9-16(2,3)12-15(14)18(10-11-19-4)13-6-7-13/h13-15,17H,5-12H2,1-4H3. The second-order valence-corrected chi connectivity index (χ2v) is 7.10. The maximum absolute atomic E-state index is 5.33. The number of nitrogens with one attached hydrogen (secondary N) is 1. The van der Waals surface area contributed by atoms with E-state index in [4.69, 9.17) is 4.74 Å². The molecule has 2 atom stereocenters. The first kappa shape index (κ1) is 15.3. The lowest BCUT2D eigenvalue weighted by molar-refractivity contribution is 0.0409. The summed E-state index contributed by atoms with van der Waals surface area (Å²) in [4.78, 5) is 2.75. The molecule has 0 aromatic carbocycles. The molecule has 0 aliphatic heterocycles. The number of methoxy groups -OCH3 is 1. The zero-order valence-electron chi connectivity index (χ0n) is 13.2. The molecule has 0 heterocycles. The molecule has 0 bridgehead atoms. The molecule has 1 N–H and O–H groups in total. The van der Waals surface area contributed by atoms with Crippen molar-refractivity contribution in [3.63, 3.8) is 0 Å². The third-order valence-electron chi connectivity index (χ3n) is 4.82. The Bertz CT molecular complexity index is 276. The zero-order valence-corrected chi connectivity index (χ0v) is 13.2. The average molecular weight is 268 g/mol. The van der Waals surface area contributed by atoms with E-state index in [0.29, 0.717) is 17.5 Å². The van der Waals surface area contributed by atoms with Crippen LogP contribution in [-0.4, -0.2) is 49.8 Å². The molecule has 3 heteroatoms. The number of nitrogens with zero attached hydrogens (tertiary/aromatic N) is 1. The highest BCUT2D eigenvalue weighted by molar-refractivity contribution is 4.99. The Morgan fingerprint density at radius 3 is 2.58 bits per heavy atom. The lowest BCUT2D eigenvalue weighted by Gasteiger charge is -2.46. The fourth-order valence-electron chi connectivity index (χ4n) is 3.62. The number of hydrogen-bond acceptors (Lipinski definition) is 3. The molecular formula is C16H32N2O. The van der Waals surface area contributed by atoms with E-state index in [9.17, 15) is 0 Å². The van der Waals surface area contributed by atoms with Crippen LogP contribution in [0.5, 0.6) is 0 Å². The van der Waals surface area contributed by atoms with Crippen molar-refractivity contribution in [3.05, 3.63) is 0 Å². The molecular weight excluding hydrogens is 236 g/mol. The minimum atomic E-state index is 0.497. The van der Waals surface area contributed by atoms with Crippen molar-refractivity contribution in [2.24, 2.45) is 5.41 Å². The lowest BCUT2D eigenvalue weighted by Crippen LogP contribution is -2.56. The SMILES string of the molecule is CCNC1CCC(C)(C)CC1N(CCOC)C1CC1. The van der Waals surface area contributed by atoms with E-state index < -0.39 is 0 Å². The van der Waals surface area contributed by atoms with E-state index in [0.717, 1.165) is 25.7 Å². The summed E-state index contributed by atoms with van der Waals surface area (Å²) in [6.07, 6.45) is 6.77. The van der Waals surface area contributed by atoms with Crippen molar-refractivity contribution in [1.82, 2.24) is 10.2 Å². The van der Waals surface area contributed by atoms with Crippen molar-refractivity contribution in [2.75, 3.05) is 26.8 Å². The summed E-state index contributed by atoms with van der Waals surface area (Å²) in [7, 11) is 1.82. The van der Waals surface area contributed by atoms with E-state index in [1.54, 1.807) is 0 Å². The molecule has 0 amide bonds. The van der Waals surface area contributed by atoms with Gasteiger partial charge in [-0.15, -0.1) is 0 Å². The van der Waals surface area contributed by atoms with Gasteiger partial charge in [0.1, 0.15) is 0 Å². The zero-order chi connectivity index (χ0) is 13.9. The Kier molecular flexibility index (Phi) is 5.27. The Morgan fingerprint density at radius 2 is 2.00 bits per heavy atom. The minimum absolute atomic E-state index is 0.497. The third-order valence-corrected chi connectivity index (χ3v) is 4.82. The average Bonchev–Trinajstić information content (AvgIpc) is 3.17. The summed E-state index contributed by atoms with van der Waals surface area (Å²) < 4.78 is 5.33. The molecule has 19 heavy (non-hydrogen) atoms. The topological polar surface area (TPSA) is 24.5 Å². The monoisotopic (exact) mass is 268 g/mol. The van der Waals surface area contributed by atoms with Crippen LogP contribution in [-0.2, 0) is 4.74 Å². The van der Waals surface area contributed by atoms with Gasteiger partial charge in [0, 0.05) is 31.8 Å². The third kappa shape index (κ3) is 4.17. The highest BCUT2D eigenvalue weighted by Gasteiger charge is 2.42. The van der Waals surface area contributed by atoms with Gasteiger partial charge < -0.3 is 10.1 Å². The quantitative estimate of drug-likeness (QED) is 0.768. The minimum Gasteiger partial charge on any atom is -0.383 e. The van der Waals surface area contributed by atoms with E-state index in [2.05, 4.69) is 31.0 Å². The largest absolute Gasteiger partial charge is 0.383 e. The summed E-state index contributed by atoms with van der Waals surface area (Å²) in [5.74, 6) is 0. The highest BCUT2D eigenvalue weighted by atomic mass is 16.5. The molecule has 0 aromatic rings. The van der Waals surface area contributed by atoms with Crippen LogP contribution in [0.1, 0.15) is 52.9 Å². The van der Waals surface area contributed by atoms with Gasteiger partial charge >= 0.3 is 0 Å². The molecule has 0 spiro atoms. The van der Waals surface area contributed by atoms with E-state index in [-0.39, 0.29) is 0 Å². The van der Waals surface area contributed by atoms with Gasteiger partial charge in [-0.1, -0.05) is 20.8 Å². The van der Waals surface area contributed by atoms with E-state index in [1.165, 1.54) is 32.1 Å². The van der Waals surface area contributed by atoms with E-state index >= 15 is 0 Å². The van der Waals surface area contributed by atoms with Crippen molar-refractivity contribution in [2.45, 2.75) is 71.0 Å². The second kappa shape index (κ2) is 6.55. The fraction of sp³-hybridized carbons (Fsp3) is 1.00. The van der Waals surface area contributed by atoms with Gasteiger partial charge in [-0.3, -0.25) is 4.90 Å². The summed E-state index contributed by atoms with van der Waals surface area (Å²) in [5.41, 5.74) is 0.497. The van der Waals surface area contributed by atoms with Crippen LogP contribution in [0.2, 0.25) is 0 Å². The van der Waals surface area contributed by atoms with Crippen LogP contribution in [0.3, 0.4) is 0 Å². The van der Waals surface area contributed by atoms with Gasteiger partial charge in [0.05, 0.1) is 6.61 Å². The van der Waals surface area contributed by atoms with Crippen LogP contribution < -0.4 is 5.32 Å². The number of likely N-dealkylation sites (N-methyl/N-ethyl adjacent to an activating group) is 1. The number of rotatable bonds is 7. The molecule has 0 saturated heterocycles. The predicted octanol–water partition coefficient (Wildman–Crippen LogP) is 2.65. The van der Waals surface area contributed by atoms with Crippen molar-refractivity contribution in [3.8, 4) is 0 Å². The summed E-state index contributed by atoms with van der Waals surface area (Å²) in [6, 6.07) is 2.21. The molecule has 2 aliphatic carbocycles. The van der Waals surface area contributed by atoms with Gasteiger partial charge in [0.15, 0.2) is 0 Å². The van der Waals surface area contributed by atoms with Gasteiger partial charge in [-0.25, -0.2) is 0 Å². The normalized spacial score (nSPS) is 30.8. The Balaban J connectivity index is 2.04. The van der Waals surface area contributed by atoms with Gasteiger partial charge in [-0.2, -0.15) is 0 Å². The van der Waals surface area contributed by atoms with Crippen LogP contribution in [0.4, 0.5) is 0 Å². The maximum atomic E-state index is 5.33. The summed E-state index contributed by atoms with van der Waals surface area (Å²) in [6.45, 7) is 10.2. The molecule has 2 fully saturated rings. The highest BCUT2D eigenvalue weighted by Crippen LogP contribution is 2.40. The lowest BCUT2D eigenvalue weighted by atomic mass is 9.72. The smallest absolute Gasteiger partial charge is 0.0589 e. The Hall–Kier alpha value is -0.120. The van der Waals surface area contributed by atoms with Crippen LogP contribution in [0.15, 0.2) is 0 Å². The first-order valence-corrected chi connectivity index (χ1v) is 8.05. The Morgan fingerprint density at radius 1 is 1.26 bits per heavy atom. The van der Waals surface area contributed by atoms with Crippen molar-refractivity contribution >= 4 is 0 Å². The van der Waals surface area contributed by atoms with Crippen LogP contribution >= 0.6 is 0 Å². The van der Waals surface area contributed by atoms with Gasteiger partial charge in [0.2, 0.25) is 0 Å². The fourth-order valence-corrected chi connectivity index (χ4v) is 3.62. The molecule has 2 saturated carbocycles. The van der Waals surface area contributed by atoms with Gasteiger partial charge in [0.25, 0.3) is 0 Å². The predicted molar refractivity (Wildman–Crippen MR) is 80.5 cm³/mol. The molecule has 0 radical (unpaired) electrons. The number of hydrogen-bond donors (Lipinski definition) is 1. The van der Waals surface area contributed by atoms with E-state index in [1.807, 2.05) is 7.11 Å². The van der Waals surface area contributed by atoms with Crippen molar-refractivity contribution < 1.29 is 4.74 Å². The number of ether oxygens (including phenoxy) is 1. The second-order valence-electron chi connectivity index (χ2n) is 7.10. The first-order valence-electron chi connectivity index (χ1n) is 8.05.